The number of benzene rings is 1. The van der Waals surface area contributed by atoms with Crippen LogP contribution >= 0.6 is 0 Å². The first kappa shape index (κ1) is 13.9. The predicted molar refractivity (Wildman–Crippen MR) is 74.4 cm³/mol. The second-order valence-electron chi connectivity index (χ2n) is 4.43. The molecule has 0 aliphatic heterocycles. The van der Waals surface area contributed by atoms with E-state index in [0.717, 1.165) is 11.3 Å². The van der Waals surface area contributed by atoms with E-state index in [1.807, 2.05) is 31.2 Å². The topological polar surface area (TPSA) is 106 Å². The average molecular weight is 275 g/mol. The number of carbonyl (C=O) groups is 1. The molecule has 0 bridgehead atoms. The molecule has 1 amide bonds. The summed E-state index contributed by atoms with van der Waals surface area (Å²) >= 11 is 0. The Morgan fingerprint density at radius 3 is 2.90 bits per heavy atom. The van der Waals surface area contributed by atoms with Crippen molar-refractivity contribution in [2.24, 2.45) is 0 Å². The molecule has 1 aromatic carbocycles. The number of nitrogens with one attached hydrogen (secondary N) is 2. The molecule has 0 saturated heterocycles. The lowest BCUT2D eigenvalue weighted by atomic mass is 10.1. The first-order valence-electron chi connectivity index (χ1n) is 6.20. The second-order valence-corrected chi connectivity index (χ2v) is 4.43. The first-order valence-corrected chi connectivity index (χ1v) is 6.20. The molecule has 2 rings (SSSR count). The van der Waals surface area contributed by atoms with Crippen LogP contribution in [0.3, 0.4) is 0 Å². The first-order chi connectivity index (χ1) is 9.60. The van der Waals surface area contributed by atoms with Crippen molar-refractivity contribution in [3.05, 3.63) is 35.7 Å². The van der Waals surface area contributed by atoms with E-state index >= 15 is 0 Å². The minimum atomic E-state index is -0.336. The number of amides is 1. The van der Waals surface area contributed by atoms with Crippen molar-refractivity contribution >= 4 is 11.9 Å². The number of nitrogens with zero attached hydrogens (tertiary/aromatic N) is 2. The molecule has 0 saturated carbocycles. The number of hydrogen-bond acceptors (Lipinski definition) is 5. The van der Waals surface area contributed by atoms with Crippen LogP contribution in [0.5, 0.6) is 5.75 Å². The molecule has 7 heteroatoms. The smallest absolute Gasteiger partial charge is 0.288 e. The standard InChI is InChI=1S/C13H17N5O2/c1-8(7-9-5-3-4-6-10(9)20-2)15-12(19)11-16-13(14)18-17-11/h3-6,8H,7H2,1-2H3,(H,15,19)(H3,14,16,17,18). The summed E-state index contributed by atoms with van der Waals surface area (Å²) in [5.41, 5.74) is 6.39. The van der Waals surface area contributed by atoms with Crippen LogP contribution in [0, 0.1) is 0 Å². The van der Waals surface area contributed by atoms with E-state index in [1.54, 1.807) is 7.11 Å². The minimum Gasteiger partial charge on any atom is -0.496 e. The van der Waals surface area contributed by atoms with E-state index in [9.17, 15) is 4.79 Å². The molecule has 1 unspecified atom stereocenters. The number of aromatic nitrogens is 3. The third-order valence-corrected chi connectivity index (χ3v) is 2.81. The summed E-state index contributed by atoms with van der Waals surface area (Å²) in [5.74, 6) is 0.621. The number of nitrogens with two attached hydrogens (primary N) is 1. The second kappa shape index (κ2) is 6.05. The Morgan fingerprint density at radius 2 is 2.25 bits per heavy atom. The van der Waals surface area contributed by atoms with Crippen LogP contribution in [0.2, 0.25) is 0 Å². The Kier molecular flexibility index (Phi) is 4.19. The molecular formula is C13H17N5O2. The summed E-state index contributed by atoms with van der Waals surface area (Å²) in [6.45, 7) is 1.91. The van der Waals surface area contributed by atoms with Crippen molar-refractivity contribution < 1.29 is 9.53 Å². The maximum atomic E-state index is 11.9. The lowest BCUT2D eigenvalue weighted by Crippen LogP contribution is -2.34. The van der Waals surface area contributed by atoms with Gasteiger partial charge in [0.2, 0.25) is 11.8 Å². The number of methoxy groups -OCH3 is 1. The Bertz CT molecular complexity index is 596. The van der Waals surface area contributed by atoms with Gasteiger partial charge in [-0.25, -0.2) is 0 Å². The normalized spacial score (nSPS) is 11.9. The zero-order valence-corrected chi connectivity index (χ0v) is 11.4. The van der Waals surface area contributed by atoms with Gasteiger partial charge in [-0.15, -0.1) is 5.10 Å². The molecule has 106 valence electrons. The number of rotatable bonds is 5. The van der Waals surface area contributed by atoms with Gasteiger partial charge in [-0.2, -0.15) is 4.98 Å². The third-order valence-electron chi connectivity index (χ3n) is 2.81. The SMILES string of the molecule is COc1ccccc1CC(C)NC(=O)c1nc(N)n[nH]1. The molecule has 20 heavy (non-hydrogen) atoms. The molecule has 1 heterocycles. The van der Waals surface area contributed by atoms with Crippen LogP contribution < -0.4 is 15.8 Å². The zero-order chi connectivity index (χ0) is 14.5. The van der Waals surface area contributed by atoms with Crippen LogP contribution in [0.1, 0.15) is 23.1 Å². The Morgan fingerprint density at radius 1 is 1.50 bits per heavy atom. The number of ether oxygens (including phenoxy) is 1. The number of aromatic amines is 1. The van der Waals surface area contributed by atoms with Gasteiger partial charge in [0.1, 0.15) is 5.75 Å². The molecule has 1 aromatic heterocycles. The summed E-state index contributed by atoms with van der Waals surface area (Å²) in [5, 5.41) is 8.92. The molecule has 7 nitrogen and oxygen atoms in total. The maximum absolute atomic E-state index is 11.9. The van der Waals surface area contributed by atoms with Crippen LogP contribution in [-0.2, 0) is 6.42 Å². The van der Waals surface area contributed by atoms with Crippen molar-refractivity contribution in [2.75, 3.05) is 12.8 Å². The van der Waals surface area contributed by atoms with E-state index in [4.69, 9.17) is 10.5 Å². The van der Waals surface area contributed by atoms with Crippen molar-refractivity contribution in [1.29, 1.82) is 0 Å². The maximum Gasteiger partial charge on any atom is 0.288 e. The van der Waals surface area contributed by atoms with E-state index in [0.29, 0.717) is 6.42 Å². The van der Waals surface area contributed by atoms with Crippen LogP contribution in [0.4, 0.5) is 5.95 Å². The van der Waals surface area contributed by atoms with Crippen LogP contribution in [0.15, 0.2) is 24.3 Å². The van der Waals surface area contributed by atoms with Gasteiger partial charge in [-0.3, -0.25) is 9.89 Å². The summed E-state index contributed by atoms with van der Waals surface area (Å²) < 4.78 is 5.28. The highest BCUT2D eigenvalue weighted by Gasteiger charge is 2.15. The molecule has 0 radical (unpaired) electrons. The van der Waals surface area contributed by atoms with Gasteiger partial charge in [0.05, 0.1) is 7.11 Å². The number of nitrogen functional groups attached to an aromatic ring is 1. The van der Waals surface area contributed by atoms with Crippen LogP contribution in [-0.4, -0.2) is 34.2 Å². The molecule has 2 aromatic rings. The molecule has 4 N–H and O–H groups in total. The third kappa shape index (κ3) is 3.25. The van der Waals surface area contributed by atoms with Crippen molar-refractivity contribution in [2.45, 2.75) is 19.4 Å². The van der Waals surface area contributed by atoms with E-state index in [2.05, 4.69) is 20.5 Å². The Balaban J connectivity index is 1.98. The molecule has 0 spiro atoms. The lowest BCUT2D eigenvalue weighted by Gasteiger charge is -2.15. The average Bonchev–Trinajstić information content (AvgIpc) is 2.86. The summed E-state index contributed by atoms with van der Waals surface area (Å²) in [7, 11) is 1.62. The van der Waals surface area contributed by atoms with Crippen molar-refractivity contribution in [1.82, 2.24) is 20.5 Å². The molecule has 0 fully saturated rings. The lowest BCUT2D eigenvalue weighted by molar-refractivity contribution is 0.0930. The Labute approximate surface area is 116 Å². The molecular weight excluding hydrogens is 258 g/mol. The van der Waals surface area contributed by atoms with Gasteiger partial charge in [-0.05, 0) is 25.0 Å². The molecule has 0 aliphatic rings. The summed E-state index contributed by atoms with van der Waals surface area (Å²) in [6.07, 6.45) is 0.652. The van der Waals surface area contributed by atoms with Gasteiger partial charge in [0, 0.05) is 6.04 Å². The summed E-state index contributed by atoms with van der Waals surface area (Å²) in [6, 6.07) is 7.62. The highest BCUT2D eigenvalue weighted by Crippen LogP contribution is 2.18. The zero-order valence-electron chi connectivity index (χ0n) is 11.4. The van der Waals surface area contributed by atoms with Crippen molar-refractivity contribution in [3.63, 3.8) is 0 Å². The fourth-order valence-electron chi connectivity index (χ4n) is 1.92. The van der Waals surface area contributed by atoms with E-state index in [1.165, 1.54) is 0 Å². The van der Waals surface area contributed by atoms with Crippen LogP contribution in [0.25, 0.3) is 0 Å². The monoisotopic (exact) mass is 275 g/mol. The van der Waals surface area contributed by atoms with Gasteiger partial charge in [0.25, 0.3) is 5.91 Å². The number of hydrogen-bond donors (Lipinski definition) is 3. The van der Waals surface area contributed by atoms with E-state index < -0.39 is 0 Å². The number of carbonyl (C=O) groups excluding carboxylic acids is 1. The summed E-state index contributed by atoms with van der Waals surface area (Å²) in [4.78, 5) is 15.7. The minimum absolute atomic E-state index is 0.0486. The quantitative estimate of drug-likeness (QED) is 0.747. The predicted octanol–water partition coefficient (Wildman–Crippen LogP) is 0.756. The number of para-hydroxylation sites is 1. The molecule has 1 atom stereocenters. The largest absolute Gasteiger partial charge is 0.496 e. The molecule has 0 aliphatic carbocycles. The fourth-order valence-corrected chi connectivity index (χ4v) is 1.92. The van der Waals surface area contributed by atoms with Gasteiger partial charge in [0.15, 0.2) is 0 Å². The highest BCUT2D eigenvalue weighted by molar-refractivity contribution is 5.90. The fraction of sp³-hybridized carbons (Fsp3) is 0.308. The number of H-pyrrole nitrogens is 1. The van der Waals surface area contributed by atoms with Gasteiger partial charge in [-0.1, -0.05) is 18.2 Å². The van der Waals surface area contributed by atoms with E-state index in [-0.39, 0.29) is 23.7 Å². The van der Waals surface area contributed by atoms with Gasteiger partial charge >= 0.3 is 0 Å². The van der Waals surface area contributed by atoms with Crippen molar-refractivity contribution in [3.8, 4) is 5.75 Å². The Hall–Kier alpha value is -2.57. The number of anilines is 1. The highest BCUT2D eigenvalue weighted by atomic mass is 16.5. The van der Waals surface area contributed by atoms with Gasteiger partial charge < -0.3 is 15.8 Å².